The zero-order valence-corrected chi connectivity index (χ0v) is 18.5. The summed E-state index contributed by atoms with van der Waals surface area (Å²) in [4.78, 5) is 18.0. The number of ether oxygens (including phenoxy) is 2. The molecule has 0 saturated heterocycles. The fourth-order valence-electron chi connectivity index (χ4n) is 3.47. The topological polar surface area (TPSA) is 80.7 Å². The second kappa shape index (κ2) is 8.91. The molecule has 2 heterocycles. The van der Waals surface area contributed by atoms with Gasteiger partial charge in [0.15, 0.2) is 0 Å². The smallest absolute Gasteiger partial charge is 0.253 e. The number of aryl methyl sites for hydroxylation is 1. The highest BCUT2D eigenvalue weighted by atomic mass is 32.1. The number of rotatable bonds is 7. The van der Waals surface area contributed by atoms with Gasteiger partial charge in [0, 0.05) is 39.2 Å². The molecule has 6 nitrogen and oxygen atoms in total. The number of aliphatic hydroxyl groups is 1. The summed E-state index contributed by atoms with van der Waals surface area (Å²) in [7, 11) is 1.63. The van der Waals surface area contributed by atoms with Crippen LogP contribution in [0.3, 0.4) is 0 Å². The summed E-state index contributed by atoms with van der Waals surface area (Å²) in [5.41, 5.74) is 1.47. The highest BCUT2D eigenvalue weighted by Gasteiger charge is 2.17. The predicted molar refractivity (Wildman–Crippen MR) is 124 cm³/mol. The Morgan fingerprint density at radius 2 is 1.94 bits per heavy atom. The van der Waals surface area contributed by atoms with E-state index in [1.807, 2.05) is 49.4 Å². The molecule has 0 aliphatic heterocycles. The summed E-state index contributed by atoms with van der Waals surface area (Å²) in [5.74, 6) is 2.02. The van der Waals surface area contributed by atoms with E-state index >= 15 is 0 Å². The van der Waals surface area contributed by atoms with Crippen molar-refractivity contribution in [3.05, 3.63) is 59.1 Å². The van der Waals surface area contributed by atoms with Gasteiger partial charge >= 0.3 is 0 Å². The van der Waals surface area contributed by atoms with Gasteiger partial charge in [0.1, 0.15) is 17.2 Å². The molecule has 0 aliphatic rings. The average Bonchev–Trinajstić information content (AvgIpc) is 3.08. The molecule has 0 bridgehead atoms. The molecule has 1 unspecified atom stereocenters. The van der Waals surface area contributed by atoms with E-state index in [1.165, 1.54) is 0 Å². The molecule has 31 heavy (non-hydrogen) atoms. The van der Waals surface area contributed by atoms with E-state index in [0.29, 0.717) is 30.0 Å². The van der Waals surface area contributed by atoms with Gasteiger partial charge in [0.2, 0.25) is 0 Å². The lowest BCUT2D eigenvalue weighted by atomic mass is 10.1. The van der Waals surface area contributed by atoms with Crippen molar-refractivity contribution in [2.75, 3.05) is 13.7 Å². The number of aromatic nitrogens is 1. The van der Waals surface area contributed by atoms with Crippen molar-refractivity contribution >= 4 is 38.2 Å². The van der Waals surface area contributed by atoms with Gasteiger partial charge in [-0.15, -0.1) is 11.3 Å². The molecule has 7 heteroatoms. The molecule has 2 N–H and O–H groups in total. The zero-order valence-electron chi connectivity index (χ0n) is 17.6. The fourth-order valence-corrected chi connectivity index (χ4v) is 4.56. The van der Waals surface area contributed by atoms with Gasteiger partial charge in [-0.25, -0.2) is 0 Å². The molecular weight excluding hydrogens is 412 g/mol. The maximum Gasteiger partial charge on any atom is 0.253 e. The summed E-state index contributed by atoms with van der Waals surface area (Å²) >= 11 is 1.56. The van der Waals surface area contributed by atoms with Crippen molar-refractivity contribution < 1.29 is 19.4 Å². The second-order valence-corrected chi connectivity index (χ2v) is 8.64. The summed E-state index contributed by atoms with van der Waals surface area (Å²) < 4.78 is 12.4. The number of methoxy groups -OCH3 is 1. The Labute approximate surface area is 184 Å². The number of nitrogens with zero attached hydrogens (tertiary/aromatic N) is 1. The summed E-state index contributed by atoms with van der Waals surface area (Å²) in [5, 5.41) is 14.1. The Kier molecular flexibility index (Phi) is 6.06. The number of carbonyl (C=O) groups excluding carboxylic acids is 1. The fraction of sp³-hybridized carbons (Fsp3) is 0.250. The third-order valence-electron chi connectivity index (χ3n) is 5.05. The zero-order chi connectivity index (χ0) is 22.0. The highest BCUT2D eigenvalue weighted by Crippen LogP contribution is 2.36. The summed E-state index contributed by atoms with van der Waals surface area (Å²) in [6, 6.07) is 13.3. The van der Waals surface area contributed by atoms with E-state index in [4.69, 9.17) is 9.47 Å². The number of nitrogens with one attached hydrogen (secondary N) is 1. The van der Waals surface area contributed by atoms with E-state index in [9.17, 15) is 9.90 Å². The molecule has 0 saturated carbocycles. The van der Waals surface area contributed by atoms with E-state index in [0.717, 1.165) is 31.6 Å². The van der Waals surface area contributed by atoms with E-state index in [-0.39, 0.29) is 5.91 Å². The van der Waals surface area contributed by atoms with Crippen molar-refractivity contribution in [1.82, 2.24) is 10.3 Å². The summed E-state index contributed by atoms with van der Waals surface area (Å²) in [6.07, 6.45) is 1.79. The normalized spacial score (nSPS) is 12.1. The largest absolute Gasteiger partial charge is 0.497 e. The number of hydrogen-bond acceptors (Lipinski definition) is 6. The first-order valence-electron chi connectivity index (χ1n) is 10.1. The van der Waals surface area contributed by atoms with Crippen LogP contribution in [0, 0.1) is 6.92 Å². The number of fused-ring (bicyclic) bond motifs is 2. The van der Waals surface area contributed by atoms with Crippen LogP contribution in [0.5, 0.6) is 17.2 Å². The Morgan fingerprint density at radius 3 is 2.71 bits per heavy atom. The number of benzene rings is 2. The molecule has 0 aliphatic carbocycles. The predicted octanol–water partition coefficient (Wildman–Crippen LogP) is 5.06. The van der Waals surface area contributed by atoms with Crippen LogP contribution in [0.2, 0.25) is 0 Å². The van der Waals surface area contributed by atoms with Gasteiger partial charge in [-0.1, -0.05) is 0 Å². The maximum absolute atomic E-state index is 12.7. The van der Waals surface area contributed by atoms with E-state index < -0.39 is 6.10 Å². The van der Waals surface area contributed by atoms with Gasteiger partial charge in [0.25, 0.3) is 5.91 Å². The van der Waals surface area contributed by atoms with Crippen LogP contribution in [-0.2, 0) is 0 Å². The van der Waals surface area contributed by atoms with Crippen LogP contribution in [-0.4, -0.2) is 35.8 Å². The molecule has 2 aromatic heterocycles. The van der Waals surface area contributed by atoms with Gasteiger partial charge in [-0.3, -0.25) is 9.78 Å². The second-order valence-electron chi connectivity index (χ2n) is 7.38. The number of pyridine rings is 1. The van der Waals surface area contributed by atoms with Crippen LogP contribution >= 0.6 is 11.3 Å². The minimum Gasteiger partial charge on any atom is -0.497 e. The first-order chi connectivity index (χ1) is 15.0. The molecule has 2 aromatic carbocycles. The van der Waals surface area contributed by atoms with Crippen LogP contribution in [0.25, 0.3) is 21.0 Å². The maximum atomic E-state index is 12.7. The number of amides is 1. The van der Waals surface area contributed by atoms with E-state index in [1.54, 1.807) is 31.6 Å². The van der Waals surface area contributed by atoms with Gasteiger partial charge in [0.05, 0.1) is 24.3 Å². The first kappa shape index (κ1) is 21.1. The molecule has 0 radical (unpaired) electrons. The quantitative estimate of drug-likeness (QED) is 0.423. The third kappa shape index (κ3) is 4.47. The molecule has 0 fully saturated rings. The molecule has 160 valence electrons. The van der Waals surface area contributed by atoms with Crippen LogP contribution in [0.1, 0.15) is 28.6 Å². The van der Waals surface area contributed by atoms with Crippen molar-refractivity contribution in [3.63, 3.8) is 0 Å². The van der Waals surface area contributed by atoms with Crippen molar-refractivity contribution in [2.24, 2.45) is 0 Å². The van der Waals surface area contributed by atoms with Gasteiger partial charge in [-0.05, 0) is 56.7 Å². The van der Waals surface area contributed by atoms with E-state index in [2.05, 4.69) is 10.3 Å². The Bertz CT molecular complexity index is 1250. The molecule has 1 amide bonds. The number of thiophene rings is 1. The molecule has 0 spiro atoms. The van der Waals surface area contributed by atoms with Gasteiger partial charge < -0.3 is 19.9 Å². The molecule has 4 rings (SSSR count). The standard InChI is InChI=1S/C24H24N2O4S/c1-14(27)8-10-26-24(28)23-15(2)31-22-13-17(5-7-19(22)23)30-21-9-11-25-20-12-16(29-3)4-6-18(20)21/h4-7,9,11-14,27H,8,10H2,1-3H3,(H,26,28). The highest BCUT2D eigenvalue weighted by molar-refractivity contribution is 7.19. The minimum absolute atomic E-state index is 0.118. The first-order valence-corrected chi connectivity index (χ1v) is 10.9. The monoisotopic (exact) mass is 436 g/mol. The lowest BCUT2D eigenvalue weighted by Crippen LogP contribution is -2.26. The SMILES string of the molecule is COc1ccc2c(Oc3ccc4c(C(=O)NCCC(C)O)c(C)sc4c3)ccnc2c1. The molecular formula is C24H24N2O4S. The Morgan fingerprint density at radius 1 is 1.16 bits per heavy atom. The Balaban J connectivity index is 1.61. The van der Waals surface area contributed by atoms with Crippen molar-refractivity contribution in [1.29, 1.82) is 0 Å². The molecule has 1 atom stereocenters. The third-order valence-corrected chi connectivity index (χ3v) is 6.12. The van der Waals surface area contributed by atoms with Crippen LogP contribution in [0.4, 0.5) is 0 Å². The Hall–Kier alpha value is -3.16. The molecule has 4 aromatic rings. The van der Waals surface area contributed by atoms with Crippen molar-refractivity contribution in [3.8, 4) is 17.2 Å². The average molecular weight is 437 g/mol. The van der Waals surface area contributed by atoms with Crippen LogP contribution < -0.4 is 14.8 Å². The number of aliphatic hydroxyl groups excluding tert-OH is 1. The van der Waals surface area contributed by atoms with Gasteiger partial charge in [-0.2, -0.15) is 0 Å². The number of carbonyl (C=O) groups is 1. The van der Waals surface area contributed by atoms with Crippen LogP contribution in [0.15, 0.2) is 48.7 Å². The lowest BCUT2D eigenvalue weighted by molar-refractivity contribution is 0.0947. The van der Waals surface area contributed by atoms with Crippen molar-refractivity contribution in [2.45, 2.75) is 26.4 Å². The lowest BCUT2D eigenvalue weighted by Gasteiger charge is -2.10. The number of hydrogen-bond donors (Lipinski definition) is 2. The summed E-state index contributed by atoms with van der Waals surface area (Å²) in [6.45, 7) is 4.09. The minimum atomic E-state index is -0.439.